The summed E-state index contributed by atoms with van der Waals surface area (Å²) in [5.41, 5.74) is 1.01. The zero-order valence-electron chi connectivity index (χ0n) is 13.5. The van der Waals surface area contributed by atoms with Gasteiger partial charge in [0, 0.05) is 32.4 Å². The Balaban J connectivity index is 2.04. The highest BCUT2D eigenvalue weighted by Crippen LogP contribution is 2.36. The van der Waals surface area contributed by atoms with Crippen molar-refractivity contribution in [3.8, 4) is 0 Å². The molecule has 1 aromatic heterocycles. The molecule has 1 atom stereocenters. The molecule has 2 rings (SSSR count). The maximum absolute atomic E-state index is 5.25. The zero-order valence-corrected chi connectivity index (χ0v) is 13.5. The van der Waals surface area contributed by atoms with Crippen molar-refractivity contribution >= 4 is 5.82 Å². The second kappa shape index (κ2) is 8.29. The fourth-order valence-corrected chi connectivity index (χ4v) is 2.56. The van der Waals surface area contributed by atoms with Gasteiger partial charge in [-0.05, 0) is 38.6 Å². The molecule has 1 saturated carbocycles. The number of anilines is 1. The minimum Gasteiger partial charge on any atom is -0.383 e. The molecule has 0 saturated heterocycles. The van der Waals surface area contributed by atoms with E-state index in [2.05, 4.69) is 29.0 Å². The Labute approximate surface area is 128 Å². The van der Waals surface area contributed by atoms with E-state index in [9.17, 15) is 0 Å². The first-order valence-electron chi connectivity index (χ1n) is 8.03. The normalized spacial score (nSPS) is 16.0. The van der Waals surface area contributed by atoms with Crippen LogP contribution in [0.5, 0.6) is 0 Å². The third-order valence-electron chi connectivity index (χ3n) is 4.03. The van der Waals surface area contributed by atoms with Gasteiger partial charge in [-0.25, -0.2) is 4.98 Å². The molecule has 0 aromatic carbocycles. The average molecular weight is 292 g/mol. The van der Waals surface area contributed by atoms with E-state index >= 15 is 0 Å². The molecule has 0 amide bonds. The van der Waals surface area contributed by atoms with Crippen molar-refractivity contribution < 1.29 is 4.74 Å². The molecule has 1 aliphatic carbocycles. The van der Waals surface area contributed by atoms with E-state index in [-0.39, 0.29) is 0 Å². The first kappa shape index (κ1) is 16.2. The van der Waals surface area contributed by atoms with Crippen LogP contribution in [0, 0.1) is 5.92 Å². The van der Waals surface area contributed by atoms with E-state index in [1.54, 1.807) is 7.11 Å². The van der Waals surface area contributed by atoms with E-state index in [4.69, 9.17) is 9.72 Å². The number of nitrogens with one attached hydrogen (secondary N) is 1. The molecule has 21 heavy (non-hydrogen) atoms. The quantitative estimate of drug-likeness (QED) is 0.670. The summed E-state index contributed by atoms with van der Waals surface area (Å²) in [6, 6.07) is 0.508. The van der Waals surface area contributed by atoms with Crippen molar-refractivity contribution in [3.05, 3.63) is 18.1 Å². The Bertz CT molecular complexity index is 422. The standard InChI is InChI=1S/C16H28N4O/c1-4-7-17-10-15-11-18-12-16(19-15)20(8-9-21-3)13(2)14-5-6-14/h11-14,17H,4-10H2,1-3H3. The summed E-state index contributed by atoms with van der Waals surface area (Å²) >= 11 is 0. The largest absolute Gasteiger partial charge is 0.383 e. The molecule has 118 valence electrons. The fraction of sp³-hybridized carbons (Fsp3) is 0.750. The van der Waals surface area contributed by atoms with Crippen LogP contribution in [0.2, 0.25) is 0 Å². The molecule has 0 bridgehead atoms. The second-order valence-electron chi connectivity index (χ2n) is 5.81. The Hall–Kier alpha value is -1.20. The van der Waals surface area contributed by atoms with Gasteiger partial charge in [0.05, 0.1) is 18.5 Å². The predicted molar refractivity (Wildman–Crippen MR) is 85.4 cm³/mol. The molecule has 1 fully saturated rings. The summed E-state index contributed by atoms with van der Waals surface area (Å²) in [5, 5.41) is 3.38. The molecular formula is C16H28N4O. The second-order valence-corrected chi connectivity index (χ2v) is 5.81. The molecule has 1 N–H and O–H groups in total. The summed E-state index contributed by atoms with van der Waals surface area (Å²) in [7, 11) is 1.75. The van der Waals surface area contributed by atoms with Gasteiger partial charge in [0.15, 0.2) is 0 Å². The number of hydrogen-bond donors (Lipinski definition) is 1. The lowest BCUT2D eigenvalue weighted by atomic mass is 10.2. The molecule has 1 heterocycles. The zero-order chi connectivity index (χ0) is 15.1. The molecule has 5 nitrogen and oxygen atoms in total. The number of hydrogen-bond acceptors (Lipinski definition) is 5. The van der Waals surface area contributed by atoms with Crippen molar-refractivity contribution in [1.29, 1.82) is 0 Å². The minimum atomic E-state index is 0.508. The lowest BCUT2D eigenvalue weighted by Crippen LogP contribution is -2.38. The van der Waals surface area contributed by atoms with Crippen LogP contribution in [0.1, 0.15) is 38.8 Å². The summed E-state index contributed by atoms with van der Waals surface area (Å²) in [6.45, 7) is 7.84. The van der Waals surface area contributed by atoms with E-state index in [1.165, 1.54) is 12.8 Å². The van der Waals surface area contributed by atoms with E-state index in [1.807, 2.05) is 12.4 Å². The topological polar surface area (TPSA) is 50.3 Å². The van der Waals surface area contributed by atoms with Crippen molar-refractivity contribution in [3.63, 3.8) is 0 Å². The Kier molecular flexibility index (Phi) is 6.39. The van der Waals surface area contributed by atoms with Crippen molar-refractivity contribution in [2.24, 2.45) is 5.92 Å². The first-order valence-corrected chi connectivity index (χ1v) is 8.03. The maximum Gasteiger partial charge on any atom is 0.147 e. The first-order chi connectivity index (χ1) is 10.3. The van der Waals surface area contributed by atoms with Gasteiger partial charge in [-0.3, -0.25) is 4.98 Å². The van der Waals surface area contributed by atoms with Crippen LogP contribution in [0.15, 0.2) is 12.4 Å². The Morgan fingerprint density at radius 3 is 2.90 bits per heavy atom. The van der Waals surface area contributed by atoms with E-state index in [0.717, 1.165) is 50.1 Å². The molecule has 1 unspecified atom stereocenters. The van der Waals surface area contributed by atoms with Crippen molar-refractivity contribution in [2.45, 2.75) is 45.7 Å². The van der Waals surface area contributed by atoms with Crippen LogP contribution in [0.25, 0.3) is 0 Å². The Morgan fingerprint density at radius 1 is 1.43 bits per heavy atom. The number of methoxy groups -OCH3 is 1. The smallest absolute Gasteiger partial charge is 0.147 e. The highest BCUT2D eigenvalue weighted by atomic mass is 16.5. The van der Waals surface area contributed by atoms with Crippen molar-refractivity contribution in [2.75, 3.05) is 31.7 Å². The number of aromatic nitrogens is 2. The van der Waals surface area contributed by atoms with Crippen LogP contribution < -0.4 is 10.2 Å². The van der Waals surface area contributed by atoms with Gasteiger partial charge in [0.25, 0.3) is 0 Å². The number of ether oxygens (including phenoxy) is 1. The molecule has 0 radical (unpaired) electrons. The van der Waals surface area contributed by atoms with Gasteiger partial charge in [-0.2, -0.15) is 0 Å². The fourth-order valence-electron chi connectivity index (χ4n) is 2.56. The van der Waals surface area contributed by atoms with Crippen LogP contribution >= 0.6 is 0 Å². The van der Waals surface area contributed by atoms with E-state index < -0.39 is 0 Å². The SMILES string of the molecule is CCCNCc1cncc(N(CCOC)C(C)C2CC2)n1. The predicted octanol–water partition coefficient (Wildman–Crippen LogP) is 2.23. The van der Waals surface area contributed by atoms with Crippen LogP contribution in [-0.4, -0.2) is 42.8 Å². The highest BCUT2D eigenvalue weighted by molar-refractivity contribution is 5.38. The van der Waals surface area contributed by atoms with Crippen LogP contribution in [0.4, 0.5) is 5.82 Å². The van der Waals surface area contributed by atoms with Gasteiger partial charge >= 0.3 is 0 Å². The van der Waals surface area contributed by atoms with Gasteiger partial charge in [0.2, 0.25) is 0 Å². The lowest BCUT2D eigenvalue weighted by Gasteiger charge is -2.30. The lowest BCUT2D eigenvalue weighted by molar-refractivity contribution is 0.202. The van der Waals surface area contributed by atoms with Gasteiger partial charge < -0.3 is 15.0 Å². The number of nitrogens with zero attached hydrogens (tertiary/aromatic N) is 3. The molecule has 1 aliphatic rings. The van der Waals surface area contributed by atoms with Gasteiger partial charge in [0.1, 0.15) is 5.82 Å². The molecule has 0 aliphatic heterocycles. The summed E-state index contributed by atoms with van der Waals surface area (Å²) in [5.74, 6) is 1.77. The third kappa shape index (κ3) is 4.93. The molecule has 0 spiro atoms. The van der Waals surface area contributed by atoms with Gasteiger partial charge in [-0.1, -0.05) is 6.92 Å². The maximum atomic E-state index is 5.25. The number of rotatable bonds is 10. The van der Waals surface area contributed by atoms with Crippen LogP contribution in [0.3, 0.4) is 0 Å². The monoisotopic (exact) mass is 292 g/mol. The van der Waals surface area contributed by atoms with Crippen LogP contribution in [-0.2, 0) is 11.3 Å². The van der Waals surface area contributed by atoms with E-state index in [0.29, 0.717) is 6.04 Å². The molecular weight excluding hydrogens is 264 g/mol. The van der Waals surface area contributed by atoms with Crippen molar-refractivity contribution in [1.82, 2.24) is 15.3 Å². The molecule has 1 aromatic rings. The summed E-state index contributed by atoms with van der Waals surface area (Å²) in [6.07, 6.45) is 7.51. The molecule has 5 heteroatoms. The third-order valence-corrected chi connectivity index (χ3v) is 4.03. The Morgan fingerprint density at radius 2 is 2.24 bits per heavy atom. The minimum absolute atomic E-state index is 0.508. The summed E-state index contributed by atoms with van der Waals surface area (Å²) in [4.78, 5) is 11.5. The average Bonchev–Trinajstić information content (AvgIpc) is 3.33. The van der Waals surface area contributed by atoms with Gasteiger partial charge in [-0.15, -0.1) is 0 Å². The highest BCUT2D eigenvalue weighted by Gasteiger charge is 2.32. The summed E-state index contributed by atoms with van der Waals surface area (Å²) < 4.78 is 5.25.